The van der Waals surface area contributed by atoms with Gasteiger partial charge in [-0.05, 0) is 188 Å². The van der Waals surface area contributed by atoms with Crippen molar-refractivity contribution < 1.29 is 58.7 Å². The Kier molecular flexibility index (Phi) is 13.4. The Morgan fingerprint density at radius 3 is 1.28 bits per heavy atom. The summed E-state index contributed by atoms with van der Waals surface area (Å²) in [6, 6.07) is 13.5. The fraction of sp³-hybridized carbons (Fsp3) is 0. The van der Waals surface area contributed by atoms with Crippen molar-refractivity contribution in [2.45, 2.75) is 0 Å². The number of aromatic hydroxyl groups is 2. The molecule has 4 aliphatic rings. The second-order valence-electron chi connectivity index (χ2n) is 13.2. The third-order valence-corrected chi connectivity index (χ3v) is 14.9. The van der Waals surface area contributed by atoms with Crippen molar-refractivity contribution >= 4 is 173 Å². The summed E-state index contributed by atoms with van der Waals surface area (Å²) in [4.78, 5) is 72.8. The molecule has 0 amide bonds. The average Bonchev–Trinajstić information content (AvgIpc) is 3.25. The van der Waals surface area contributed by atoms with Crippen LogP contribution in [0, 0.1) is 0 Å². The van der Waals surface area contributed by atoms with Crippen LogP contribution >= 0.6 is 127 Å². The van der Waals surface area contributed by atoms with E-state index < -0.39 is 34.7 Å². The smallest absolute Gasteiger partial charge is 0.336 e. The molecule has 0 saturated carbocycles. The molecule has 6 N–H and O–H groups in total. The van der Waals surface area contributed by atoms with E-state index in [4.69, 9.17) is 8.83 Å². The van der Waals surface area contributed by atoms with E-state index in [0.29, 0.717) is 21.9 Å². The van der Waals surface area contributed by atoms with Crippen molar-refractivity contribution in [2.24, 2.45) is 0 Å². The first kappa shape index (κ1) is 47.5. The molecule has 2 aliphatic heterocycles. The molecule has 0 bridgehead atoms. The summed E-state index contributed by atoms with van der Waals surface area (Å²) in [5.41, 5.74) is -0.188. The van der Waals surface area contributed by atoms with Gasteiger partial charge >= 0.3 is 23.9 Å². The SMILES string of the molecule is O=C(O)c1ccc(C(=O)O)c(-c2c3cc(Br)c(=O)c(Br)c-3oc3c(Br)c(O)c(Br)cc23)c1.O=C(O)c1cccc(C(=O)O)c1-c1c2cc(Br)c(=O)c(Br)c-2oc2c(Br)c(O)c(Br)cc12. The molecule has 0 fully saturated rings. The standard InChI is InChI=1S/2C21H8Br4O7/c22-11-4-9-13(8-3-6(20(28)29)1-2-7(8)21(30)31)10-5-12(23)17(27)15(25)19(10)32-18(9)14(24)16(11)26;22-10-4-8-13(12-6(20(28)29)2-1-3-7(12)21(30)31)9-5-11(23)17(27)15(25)19(9)32-18(8)14(24)16(10)26/h2*1-5,26H,(H,28,29)(H,30,31). The number of hydrogen-bond donors (Lipinski definition) is 6. The van der Waals surface area contributed by atoms with E-state index in [9.17, 15) is 59.4 Å². The first-order chi connectivity index (χ1) is 30.1. The van der Waals surface area contributed by atoms with Gasteiger partial charge in [0.25, 0.3) is 0 Å². The van der Waals surface area contributed by atoms with Gasteiger partial charge in [0.15, 0.2) is 22.7 Å². The van der Waals surface area contributed by atoms with E-state index in [-0.39, 0.29) is 114 Å². The van der Waals surface area contributed by atoms with Gasteiger partial charge in [0.2, 0.25) is 10.9 Å². The number of benzene rings is 6. The van der Waals surface area contributed by atoms with Crippen LogP contribution in [0.1, 0.15) is 41.4 Å². The molecule has 0 spiro atoms. The van der Waals surface area contributed by atoms with E-state index in [1.807, 2.05) is 0 Å². The van der Waals surface area contributed by atoms with E-state index in [0.717, 1.165) is 0 Å². The fourth-order valence-electron chi connectivity index (χ4n) is 6.79. The first-order valence-electron chi connectivity index (χ1n) is 17.2. The Morgan fingerprint density at radius 2 is 0.859 bits per heavy atom. The van der Waals surface area contributed by atoms with Gasteiger partial charge in [-0.1, -0.05) is 6.07 Å². The molecule has 22 heteroatoms. The molecule has 2 heterocycles. The quantitative estimate of drug-likeness (QED) is 0.0848. The Morgan fingerprint density at radius 1 is 0.438 bits per heavy atom. The lowest BCUT2D eigenvalue weighted by molar-refractivity contribution is 0.0682. The summed E-state index contributed by atoms with van der Waals surface area (Å²) in [6.45, 7) is 0. The molecular weight excluding hydrogens is 1370 g/mol. The third-order valence-electron chi connectivity index (χ3n) is 9.59. The molecule has 64 heavy (non-hydrogen) atoms. The van der Waals surface area contributed by atoms with Gasteiger partial charge in [0.1, 0.15) is 29.4 Å². The van der Waals surface area contributed by atoms with Crippen molar-refractivity contribution in [1.82, 2.24) is 0 Å². The normalized spacial score (nSPS) is 11.2. The number of aromatic carboxylic acids is 4. The number of carboxylic acid groups (broad SMARTS) is 4. The number of rotatable bonds is 6. The second-order valence-corrected chi connectivity index (χ2v) is 19.8. The molecule has 324 valence electrons. The maximum atomic E-state index is 12.5. The van der Waals surface area contributed by atoms with Crippen molar-refractivity contribution in [2.75, 3.05) is 0 Å². The maximum Gasteiger partial charge on any atom is 0.336 e. The summed E-state index contributed by atoms with van der Waals surface area (Å²) >= 11 is 25.9. The summed E-state index contributed by atoms with van der Waals surface area (Å²) < 4.78 is 13.2. The molecule has 4 aromatic carbocycles. The summed E-state index contributed by atoms with van der Waals surface area (Å²) in [5, 5.41) is 60.4. The van der Waals surface area contributed by atoms with Gasteiger partial charge in [0.05, 0.1) is 40.1 Å². The average molecular weight is 1380 g/mol. The molecule has 4 aromatic rings. The van der Waals surface area contributed by atoms with E-state index in [1.54, 1.807) is 0 Å². The highest BCUT2D eigenvalue weighted by atomic mass is 79.9. The van der Waals surface area contributed by atoms with Crippen molar-refractivity contribution in [3.05, 3.63) is 139 Å². The van der Waals surface area contributed by atoms with Crippen LogP contribution in [0.4, 0.5) is 0 Å². The number of carboxylic acids is 4. The maximum absolute atomic E-state index is 12.5. The lowest BCUT2D eigenvalue weighted by Crippen LogP contribution is -2.10. The summed E-state index contributed by atoms with van der Waals surface area (Å²) in [5.74, 6) is -5.37. The largest absolute Gasteiger partial charge is 0.505 e. The molecule has 8 rings (SSSR count). The summed E-state index contributed by atoms with van der Waals surface area (Å²) in [7, 11) is 0. The molecule has 0 unspecified atom stereocenters. The van der Waals surface area contributed by atoms with Gasteiger partial charge in [-0.2, -0.15) is 0 Å². The Balaban J connectivity index is 0.000000191. The molecule has 0 radical (unpaired) electrons. The number of phenols is 2. The first-order valence-corrected chi connectivity index (χ1v) is 23.5. The van der Waals surface area contributed by atoms with Crippen LogP contribution in [0.2, 0.25) is 0 Å². The zero-order valence-electron chi connectivity index (χ0n) is 30.7. The molecule has 0 atom stereocenters. The zero-order chi connectivity index (χ0) is 47.0. The van der Waals surface area contributed by atoms with Crippen LogP contribution in [0.15, 0.2) is 115 Å². The van der Waals surface area contributed by atoms with E-state index in [1.165, 1.54) is 60.7 Å². The predicted molar refractivity (Wildman–Crippen MR) is 262 cm³/mol. The van der Waals surface area contributed by atoms with Gasteiger partial charge < -0.3 is 39.5 Å². The van der Waals surface area contributed by atoms with Crippen LogP contribution in [0.3, 0.4) is 0 Å². The lowest BCUT2D eigenvalue weighted by Gasteiger charge is -2.20. The number of hydrogen-bond acceptors (Lipinski definition) is 10. The van der Waals surface area contributed by atoms with Crippen molar-refractivity contribution in [3.63, 3.8) is 0 Å². The van der Waals surface area contributed by atoms with E-state index in [2.05, 4.69) is 127 Å². The molecular formula is C42H16Br8O14. The zero-order valence-corrected chi connectivity index (χ0v) is 43.4. The monoisotopic (exact) mass is 1380 g/mol. The van der Waals surface area contributed by atoms with Crippen LogP contribution < -0.4 is 10.9 Å². The number of carbonyl (C=O) groups is 4. The molecule has 0 saturated heterocycles. The third kappa shape index (κ3) is 8.13. The van der Waals surface area contributed by atoms with Gasteiger partial charge in [-0.25, -0.2) is 19.2 Å². The Bertz CT molecular complexity index is 3440. The number of fused-ring (bicyclic) bond motifs is 4. The van der Waals surface area contributed by atoms with Gasteiger partial charge in [0, 0.05) is 38.6 Å². The minimum Gasteiger partial charge on any atom is -0.505 e. The highest BCUT2D eigenvalue weighted by Crippen LogP contribution is 2.51. The van der Waals surface area contributed by atoms with Gasteiger partial charge in [-0.3, -0.25) is 9.59 Å². The molecule has 0 aromatic heterocycles. The van der Waals surface area contributed by atoms with Crippen LogP contribution in [0.5, 0.6) is 11.5 Å². The Labute approximate surface area is 423 Å². The van der Waals surface area contributed by atoms with E-state index >= 15 is 0 Å². The lowest BCUT2D eigenvalue weighted by atomic mass is 9.87. The molecule has 14 nitrogen and oxygen atoms in total. The summed E-state index contributed by atoms with van der Waals surface area (Å²) in [6.07, 6.45) is 0. The second kappa shape index (κ2) is 18.1. The topological polar surface area (TPSA) is 250 Å². The number of halogens is 8. The Hall–Kier alpha value is -4.42. The van der Waals surface area contributed by atoms with Crippen LogP contribution in [0.25, 0.3) is 66.8 Å². The fourth-order valence-corrected chi connectivity index (χ4v) is 11.6. The highest BCUT2D eigenvalue weighted by molar-refractivity contribution is 9.12. The molecule has 2 aliphatic carbocycles. The van der Waals surface area contributed by atoms with Crippen molar-refractivity contribution in [3.8, 4) is 56.4 Å². The predicted octanol–water partition coefficient (Wildman–Crippen LogP) is 13.4. The van der Waals surface area contributed by atoms with Crippen molar-refractivity contribution in [1.29, 1.82) is 0 Å². The van der Waals surface area contributed by atoms with Gasteiger partial charge in [-0.15, -0.1) is 0 Å². The minimum atomic E-state index is -1.33. The van der Waals surface area contributed by atoms with Crippen LogP contribution in [-0.2, 0) is 0 Å². The minimum absolute atomic E-state index is 0.0454. The highest BCUT2D eigenvalue weighted by Gasteiger charge is 2.31. The van der Waals surface area contributed by atoms with Crippen LogP contribution in [-0.4, -0.2) is 54.5 Å². The number of phenolic OH excluding ortho intramolecular Hbond substituents is 2.